The molecule has 0 bridgehead atoms. The molecule has 0 aromatic heterocycles. The summed E-state index contributed by atoms with van der Waals surface area (Å²) < 4.78 is 33.7. The molecule has 7 nitrogen and oxygen atoms in total. The van der Waals surface area contributed by atoms with Crippen LogP contribution in [0.5, 0.6) is 5.75 Å². The van der Waals surface area contributed by atoms with E-state index in [0.717, 1.165) is 11.1 Å². The first-order valence-corrected chi connectivity index (χ1v) is 11.9. The van der Waals surface area contributed by atoms with Crippen molar-refractivity contribution in [2.75, 3.05) is 17.1 Å². The quantitative estimate of drug-likeness (QED) is 0.511. The first-order chi connectivity index (χ1) is 15.7. The van der Waals surface area contributed by atoms with Gasteiger partial charge in [0.2, 0.25) is 0 Å². The lowest BCUT2D eigenvalue weighted by Crippen LogP contribution is -2.23. The molecule has 33 heavy (non-hydrogen) atoms. The van der Waals surface area contributed by atoms with Crippen LogP contribution in [0.2, 0.25) is 0 Å². The van der Waals surface area contributed by atoms with Crippen LogP contribution in [0.25, 0.3) is 0 Å². The number of anilines is 2. The Balaban J connectivity index is 1.58. The highest BCUT2D eigenvalue weighted by atomic mass is 32.2. The van der Waals surface area contributed by atoms with Gasteiger partial charge in [0.05, 0.1) is 23.7 Å². The van der Waals surface area contributed by atoms with Crippen LogP contribution in [0.15, 0.2) is 65.6 Å². The number of aryl methyl sites for hydroxylation is 1. The van der Waals surface area contributed by atoms with Gasteiger partial charge in [-0.1, -0.05) is 30.3 Å². The number of ether oxygens (including phenoxy) is 1. The fraction of sp³-hybridized carbons (Fsp3) is 0.200. The number of nitrogens with one attached hydrogen (secondary N) is 2. The lowest BCUT2D eigenvalue weighted by atomic mass is 9.92. The smallest absolute Gasteiger partial charge is 0.261 e. The minimum Gasteiger partial charge on any atom is -0.496 e. The van der Waals surface area contributed by atoms with Crippen LogP contribution < -0.4 is 14.8 Å². The molecule has 0 saturated heterocycles. The molecule has 2 N–H and O–H groups in total. The number of hydrogen-bond donors (Lipinski definition) is 2. The van der Waals surface area contributed by atoms with E-state index in [4.69, 9.17) is 4.74 Å². The van der Waals surface area contributed by atoms with Gasteiger partial charge in [0.1, 0.15) is 5.75 Å². The predicted molar refractivity (Wildman–Crippen MR) is 127 cm³/mol. The fourth-order valence-electron chi connectivity index (χ4n) is 3.83. The Hall–Kier alpha value is -3.65. The number of Topliss-reactive ketones (excluding diaryl/α,β-unsaturated/α-hetero) is 2. The van der Waals surface area contributed by atoms with Gasteiger partial charge in [-0.05, 0) is 49.2 Å². The van der Waals surface area contributed by atoms with Gasteiger partial charge in [-0.15, -0.1) is 0 Å². The molecule has 1 unspecified atom stereocenters. The van der Waals surface area contributed by atoms with Crippen molar-refractivity contribution in [2.45, 2.75) is 31.2 Å². The second kappa shape index (κ2) is 8.71. The highest BCUT2D eigenvalue weighted by molar-refractivity contribution is 7.92. The number of carbonyl (C=O) groups is 2. The topological polar surface area (TPSA) is 102 Å². The molecule has 0 fully saturated rings. The molecule has 0 radical (unpaired) electrons. The zero-order chi connectivity index (χ0) is 23.8. The normalized spacial score (nSPS) is 15.4. The van der Waals surface area contributed by atoms with Crippen LogP contribution in [0.1, 0.15) is 51.2 Å². The molecule has 8 heteroatoms. The summed E-state index contributed by atoms with van der Waals surface area (Å²) in [6, 6.07) is 16.4. The number of sulfonamides is 1. The Kier molecular flexibility index (Phi) is 5.95. The zero-order valence-electron chi connectivity index (χ0n) is 18.5. The highest BCUT2D eigenvalue weighted by Crippen LogP contribution is 2.34. The molecule has 0 amide bonds. The minimum absolute atomic E-state index is 0.000188. The molecule has 3 aromatic rings. The molecule has 0 spiro atoms. The van der Waals surface area contributed by atoms with Crippen LogP contribution in [0.3, 0.4) is 0 Å². The van der Waals surface area contributed by atoms with Crippen LogP contribution in [-0.2, 0) is 10.0 Å². The fourth-order valence-corrected chi connectivity index (χ4v) is 4.91. The van der Waals surface area contributed by atoms with Crippen molar-refractivity contribution < 1.29 is 22.7 Å². The van der Waals surface area contributed by atoms with Crippen LogP contribution >= 0.6 is 0 Å². The largest absolute Gasteiger partial charge is 0.496 e. The van der Waals surface area contributed by atoms with E-state index in [-0.39, 0.29) is 28.9 Å². The van der Waals surface area contributed by atoms with Crippen molar-refractivity contribution in [2.24, 2.45) is 0 Å². The summed E-state index contributed by atoms with van der Waals surface area (Å²) in [6.07, 6.45) is 0.179. The van der Waals surface area contributed by atoms with Crippen LogP contribution in [-0.4, -0.2) is 27.1 Å². The second-order valence-electron chi connectivity index (χ2n) is 8.00. The van der Waals surface area contributed by atoms with E-state index in [1.807, 2.05) is 19.1 Å². The maximum Gasteiger partial charge on any atom is 0.261 e. The molecule has 1 aliphatic heterocycles. The summed E-state index contributed by atoms with van der Waals surface area (Å²) in [5, 5.41) is 3.30. The Labute approximate surface area is 192 Å². The van der Waals surface area contributed by atoms with Gasteiger partial charge in [-0.3, -0.25) is 14.3 Å². The summed E-state index contributed by atoms with van der Waals surface area (Å²) >= 11 is 0. The molecule has 1 heterocycles. The van der Waals surface area contributed by atoms with Gasteiger partial charge < -0.3 is 10.1 Å². The van der Waals surface area contributed by atoms with Crippen molar-refractivity contribution in [3.63, 3.8) is 0 Å². The van der Waals surface area contributed by atoms with E-state index >= 15 is 0 Å². The summed E-state index contributed by atoms with van der Waals surface area (Å²) in [5.41, 5.74) is 3.64. The third kappa shape index (κ3) is 4.61. The van der Waals surface area contributed by atoms with Crippen molar-refractivity contribution >= 4 is 33.0 Å². The molecule has 0 saturated carbocycles. The Bertz CT molecular complexity index is 1350. The van der Waals surface area contributed by atoms with Gasteiger partial charge in [-0.2, -0.15) is 0 Å². The summed E-state index contributed by atoms with van der Waals surface area (Å²) in [4.78, 5) is 24.4. The standard InChI is InChI=1S/C25H24N2O5S/c1-15-4-9-19(12-25(15)32-3)27-33(30,31)20-10-11-22-21(13-20)24(29)14-23(26-22)18-7-5-17(6-8-18)16(2)28/h4-13,23,26-27H,14H2,1-3H3. The molecule has 170 valence electrons. The Morgan fingerprint density at radius 1 is 1.06 bits per heavy atom. The number of methoxy groups -OCH3 is 1. The first kappa shape index (κ1) is 22.5. The molecular weight excluding hydrogens is 440 g/mol. The minimum atomic E-state index is -3.90. The Morgan fingerprint density at radius 2 is 1.79 bits per heavy atom. The molecule has 3 aromatic carbocycles. The summed E-state index contributed by atoms with van der Waals surface area (Å²) in [7, 11) is -2.38. The molecule has 1 aliphatic rings. The van der Waals surface area contributed by atoms with E-state index in [1.54, 1.807) is 36.4 Å². The third-order valence-electron chi connectivity index (χ3n) is 5.70. The lowest BCUT2D eigenvalue weighted by Gasteiger charge is -2.27. The molecule has 4 rings (SSSR count). The van der Waals surface area contributed by atoms with Gasteiger partial charge in [0, 0.05) is 29.3 Å². The maximum absolute atomic E-state index is 12.9. The van der Waals surface area contributed by atoms with Gasteiger partial charge in [0.25, 0.3) is 10.0 Å². The Morgan fingerprint density at radius 3 is 2.45 bits per heavy atom. The van der Waals surface area contributed by atoms with Crippen molar-refractivity contribution in [1.82, 2.24) is 0 Å². The van der Waals surface area contributed by atoms with E-state index in [2.05, 4.69) is 10.0 Å². The maximum atomic E-state index is 12.9. The third-order valence-corrected chi connectivity index (χ3v) is 7.08. The number of rotatable bonds is 6. The zero-order valence-corrected chi connectivity index (χ0v) is 19.3. The van der Waals surface area contributed by atoms with Crippen molar-refractivity contribution in [3.05, 3.63) is 82.9 Å². The number of hydrogen-bond acceptors (Lipinski definition) is 6. The molecule has 1 atom stereocenters. The van der Waals surface area contributed by atoms with Crippen LogP contribution in [0, 0.1) is 6.92 Å². The number of benzene rings is 3. The van der Waals surface area contributed by atoms with Crippen LogP contribution in [0.4, 0.5) is 11.4 Å². The lowest BCUT2D eigenvalue weighted by molar-refractivity contribution is 0.0970. The SMILES string of the molecule is COc1cc(NS(=O)(=O)c2ccc3c(c2)C(=O)CC(c2ccc(C(C)=O)cc2)N3)ccc1C. The predicted octanol–water partition coefficient (Wildman–Crippen LogP) is 4.75. The highest BCUT2D eigenvalue weighted by Gasteiger charge is 2.28. The van der Waals surface area contributed by atoms with E-state index in [1.165, 1.54) is 26.2 Å². The average Bonchev–Trinajstić information content (AvgIpc) is 2.80. The number of ketones is 2. The van der Waals surface area contributed by atoms with Crippen molar-refractivity contribution in [3.8, 4) is 5.75 Å². The summed E-state index contributed by atoms with van der Waals surface area (Å²) in [5.74, 6) is 0.395. The first-order valence-electron chi connectivity index (χ1n) is 10.4. The molecule has 0 aliphatic carbocycles. The van der Waals surface area contributed by atoms with E-state index in [0.29, 0.717) is 28.3 Å². The average molecular weight is 465 g/mol. The van der Waals surface area contributed by atoms with E-state index < -0.39 is 10.0 Å². The monoisotopic (exact) mass is 464 g/mol. The second-order valence-corrected chi connectivity index (χ2v) is 9.68. The number of fused-ring (bicyclic) bond motifs is 1. The van der Waals surface area contributed by atoms with Gasteiger partial charge in [0.15, 0.2) is 11.6 Å². The van der Waals surface area contributed by atoms with E-state index in [9.17, 15) is 18.0 Å². The van der Waals surface area contributed by atoms with Gasteiger partial charge >= 0.3 is 0 Å². The summed E-state index contributed by atoms with van der Waals surface area (Å²) in [6.45, 7) is 3.37. The number of carbonyl (C=O) groups excluding carboxylic acids is 2. The van der Waals surface area contributed by atoms with Crippen molar-refractivity contribution in [1.29, 1.82) is 0 Å². The molecular formula is C25H24N2O5S. The van der Waals surface area contributed by atoms with Gasteiger partial charge in [-0.25, -0.2) is 8.42 Å².